The Morgan fingerprint density at radius 2 is 1.68 bits per heavy atom. The highest BCUT2D eigenvalue weighted by Crippen LogP contribution is 2.31. The Labute approximate surface area is 231 Å². The minimum absolute atomic E-state index is 0.0454. The first-order valence-electron chi connectivity index (χ1n) is 10.9. The summed E-state index contributed by atoms with van der Waals surface area (Å²) >= 11 is 10.3. The van der Waals surface area contributed by atoms with Crippen LogP contribution in [-0.4, -0.2) is 27.0 Å². The molecule has 0 saturated heterocycles. The molecule has 9 nitrogen and oxygen atoms in total. The summed E-state index contributed by atoms with van der Waals surface area (Å²) in [4.78, 5) is 54.7. The summed E-state index contributed by atoms with van der Waals surface area (Å²) < 4.78 is 2.20. The molecule has 1 heterocycles. The van der Waals surface area contributed by atoms with Crippen molar-refractivity contribution >= 4 is 67.7 Å². The first-order chi connectivity index (χ1) is 18.2. The lowest BCUT2D eigenvalue weighted by molar-refractivity contribution is -0.384. The molecule has 12 heteroatoms. The van der Waals surface area contributed by atoms with E-state index in [-0.39, 0.29) is 37.9 Å². The highest BCUT2D eigenvalue weighted by molar-refractivity contribution is 9.10. The number of carbonyl (C=O) groups is 3. The van der Waals surface area contributed by atoms with Crippen LogP contribution in [0.25, 0.3) is 17.0 Å². The zero-order valence-electron chi connectivity index (χ0n) is 19.1. The molecule has 5 rings (SSSR count). The molecule has 1 aliphatic carbocycles. The Morgan fingerprint density at radius 1 is 1.03 bits per heavy atom. The van der Waals surface area contributed by atoms with E-state index in [1.165, 1.54) is 28.8 Å². The van der Waals surface area contributed by atoms with Gasteiger partial charge in [-0.15, -0.1) is 11.3 Å². The summed E-state index contributed by atoms with van der Waals surface area (Å²) in [5.74, 6) is -1.84. The maximum Gasteiger partial charge on any atom is 0.288 e. The molecule has 0 bridgehead atoms. The van der Waals surface area contributed by atoms with E-state index in [1.807, 2.05) is 0 Å². The maximum atomic E-state index is 13.6. The van der Waals surface area contributed by atoms with Gasteiger partial charge in [-0.1, -0.05) is 63.9 Å². The topological polar surface area (TPSA) is 138 Å². The van der Waals surface area contributed by atoms with Crippen LogP contribution < -0.4 is 10.5 Å². The van der Waals surface area contributed by atoms with Gasteiger partial charge in [0.2, 0.25) is 11.6 Å². The van der Waals surface area contributed by atoms with Gasteiger partial charge in [0.25, 0.3) is 11.6 Å². The lowest BCUT2D eigenvalue weighted by Crippen LogP contribution is -2.32. The van der Waals surface area contributed by atoms with E-state index in [2.05, 4.69) is 20.9 Å². The number of benzene rings is 3. The van der Waals surface area contributed by atoms with Gasteiger partial charge >= 0.3 is 0 Å². The van der Waals surface area contributed by atoms with Crippen LogP contribution in [0.15, 0.2) is 87.3 Å². The highest BCUT2D eigenvalue weighted by Gasteiger charge is 2.33. The molecule has 1 aliphatic rings. The van der Waals surface area contributed by atoms with Gasteiger partial charge < -0.3 is 5.73 Å². The second-order valence-corrected chi connectivity index (χ2v) is 10.2. The number of amides is 1. The van der Waals surface area contributed by atoms with Crippen molar-refractivity contribution in [3.05, 3.63) is 119 Å². The molecule has 0 unspecified atom stereocenters. The van der Waals surface area contributed by atoms with E-state index in [0.29, 0.717) is 11.3 Å². The maximum absolute atomic E-state index is 13.6. The molecule has 0 fully saturated rings. The monoisotopic (exact) mass is 608 g/mol. The number of rotatable bonds is 4. The largest absolute Gasteiger partial charge is 0.394 e. The Bertz CT molecular complexity index is 1790. The number of hydrogen-bond acceptors (Lipinski definition) is 7. The number of thiazole rings is 1. The predicted octanol–water partition coefficient (Wildman–Crippen LogP) is 5.49. The number of carbonyl (C=O) groups excluding carboxylic acids is 3. The van der Waals surface area contributed by atoms with Crippen LogP contribution in [0.3, 0.4) is 0 Å². The quantitative estimate of drug-likeness (QED) is 0.240. The SMILES string of the molecule is NC1=C(n2c(-c3ccc(Br)cc3)csc2=NC(=O)c2ccc(Cl)c([N+](=O)[O-])c2)C(=O)c2ccccc2C1=O. The van der Waals surface area contributed by atoms with E-state index in [0.717, 1.165) is 21.9 Å². The minimum Gasteiger partial charge on any atom is -0.394 e. The lowest BCUT2D eigenvalue weighted by Gasteiger charge is -2.20. The average Bonchev–Trinajstić information content (AvgIpc) is 3.30. The van der Waals surface area contributed by atoms with Crippen molar-refractivity contribution < 1.29 is 19.3 Å². The van der Waals surface area contributed by atoms with Crippen molar-refractivity contribution in [2.45, 2.75) is 0 Å². The Morgan fingerprint density at radius 3 is 2.34 bits per heavy atom. The third-order valence-corrected chi connectivity index (χ3v) is 7.46. The molecular weight excluding hydrogens is 596 g/mol. The third-order valence-electron chi connectivity index (χ3n) is 5.79. The zero-order chi connectivity index (χ0) is 27.1. The summed E-state index contributed by atoms with van der Waals surface area (Å²) in [7, 11) is 0. The molecule has 3 aromatic carbocycles. The molecule has 0 aliphatic heterocycles. The van der Waals surface area contributed by atoms with Gasteiger partial charge in [-0.25, -0.2) is 0 Å². The first kappa shape index (κ1) is 25.5. The minimum atomic E-state index is -0.808. The molecule has 0 saturated carbocycles. The van der Waals surface area contributed by atoms with Crippen LogP contribution in [0.4, 0.5) is 5.69 Å². The second-order valence-electron chi connectivity index (χ2n) is 8.05. The summed E-state index contributed by atoms with van der Waals surface area (Å²) in [6.07, 6.45) is 0. The predicted molar refractivity (Wildman–Crippen MR) is 146 cm³/mol. The van der Waals surface area contributed by atoms with Gasteiger partial charge in [-0.2, -0.15) is 4.99 Å². The van der Waals surface area contributed by atoms with Gasteiger partial charge in [0.05, 0.1) is 10.6 Å². The molecule has 0 spiro atoms. The molecule has 1 aromatic heterocycles. The number of hydrogen-bond donors (Lipinski definition) is 1. The number of ketones is 2. The Kier molecular flexibility index (Phi) is 6.66. The van der Waals surface area contributed by atoms with Gasteiger partial charge in [0.1, 0.15) is 16.4 Å². The standard InChI is InChI=1S/C26H14BrClN4O5S/c27-15-8-5-13(6-9-15)20-12-38-26(30-25(35)14-7-10-18(28)19(11-14)32(36)37)31(20)22-21(29)23(33)16-3-1-2-4-17(16)24(22)34/h1-12H,29H2. The number of Topliss-reactive ketones (excluding diaryl/α,β-unsaturated/α-hetero) is 2. The van der Waals surface area contributed by atoms with Gasteiger partial charge in [0, 0.05) is 32.6 Å². The first-order valence-corrected chi connectivity index (χ1v) is 12.9. The number of halogens is 2. The molecular formula is C26H14BrClN4O5S. The van der Waals surface area contributed by atoms with Crippen molar-refractivity contribution in [2.75, 3.05) is 0 Å². The average molecular weight is 610 g/mol. The Hall–Kier alpha value is -4.19. The summed E-state index contributed by atoms with van der Waals surface area (Å²) in [5.41, 5.74) is 6.78. The van der Waals surface area contributed by atoms with E-state index in [1.54, 1.807) is 41.8 Å². The molecule has 2 N–H and O–H groups in total. The van der Waals surface area contributed by atoms with E-state index in [9.17, 15) is 24.5 Å². The van der Waals surface area contributed by atoms with Gasteiger partial charge in [0.15, 0.2) is 4.80 Å². The number of fused-ring (bicyclic) bond motifs is 1. The van der Waals surface area contributed by atoms with E-state index < -0.39 is 28.1 Å². The molecule has 1 amide bonds. The highest BCUT2D eigenvalue weighted by atomic mass is 79.9. The second kappa shape index (κ2) is 9.93. The van der Waals surface area contributed by atoms with E-state index in [4.69, 9.17) is 17.3 Å². The number of aromatic nitrogens is 1. The molecule has 4 aromatic rings. The van der Waals surface area contributed by atoms with Gasteiger partial charge in [-0.05, 0) is 29.8 Å². The molecule has 38 heavy (non-hydrogen) atoms. The van der Waals surface area contributed by atoms with E-state index >= 15 is 0 Å². The van der Waals surface area contributed by atoms with Crippen LogP contribution in [0.5, 0.6) is 0 Å². The lowest BCUT2D eigenvalue weighted by atomic mass is 9.90. The Balaban J connectivity index is 1.75. The smallest absolute Gasteiger partial charge is 0.288 e. The van der Waals surface area contributed by atoms with Crippen molar-refractivity contribution in [1.82, 2.24) is 4.57 Å². The fourth-order valence-electron chi connectivity index (χ4n) is 3.97. The fraction of sp³-hybridized carbons (Fsp3) is 0. The molecule has 188 valence electrons. The zero-order valence-corrected chi connectivity index (χ0v) is 22.2. The van der Waals surface area contributed by atoms with Crippen LogP contribution in [0, 0.1) is 10.1 Å². The molecule has 0 atom stereocenters. The van der Waals surface area contributed by atoms with Crippen molar-refractivity contribution in [2.24, 2.45) is 10.7 Å². The summed E-state index contributed by atoms with van der Waals surface area (Å²) in [6.45, 7) is 0. The van der Waals surface area contributed by atoms with Crippen molar-refractivity contribution in [3.63, 3.8) is 0 Å². The van der Waals surface area contributed by atoms with Crippen LogP contribution in [-0.2, 0) is 0 Å². The fourth-order valence-corrected chi connectivity index (χ4v) is 5.31. The number of nitrogens with two attached hydrogens (primary N) is 1. The van der Waals surface area contributed by atoms with Gasteiger partial charge in [-0.3, -0.25) is 29.1 Å². The number of nitro groups is 1. The van der Waals surface area contributed by atoms with Crippen LogP contribution in [0.2, 0.25) is 5.02 Å². The normalized spacial score (nSPS) is 13.6. The van der Waals surface area contributed by atoms with Crippen LogP contribution in [0.1, 0.15) is 31.1 Å². The number of allylic oxidation sites excluding steroid dienone is 2. The van der Waals surface area contributed by atoms with Crippen molar-refractivity contribution in [3.8, 4) is 11.3 Å². The van der Waals surface area contributed by atoms with Crippen LogP contribution >= 0.6 is 38.9 Å². The summed E-state index contributed by atoms with van der Waals surface area (Å²) in [6, 6.07) is 17.1. The number of nitro benzene ring substituents is 1. The number of nitrogens with zero attached hydrogens (tertiary/aromatic N) is 3. The molecule has 0 radical (unpaired) electrons. The summed E-state index contributed by atoms with van der Waals surface area (Å²) in [5, 5.41) is 12.8. The third kappa shape index (κ3) is 4.40. The van der Waals surface area contributed by atoms with Crippen molar-refractivity contribution in [1.29, 1.82) is 0 Å².